The van der Waals surface area contributed by atoms with E-state index in [1.54, 1.807) is 11.3 Å². The average molecular weight is 346 g/mol. The molecule has 0 saturated carbocycles. The van der Waals surface area contributed by atoms with Crippen molar-refractivity contribution in [3.63, 3.8) is 0 Å². The van der Waals surface area contributed by atoms with Crippen LogP contribution in [0.25, 0.3) is 22.4 Å². The summed E-state index contributed by atoms with van der Waals surface area (Å²) < 4.78 is 2.41. The van der Waals surface area contributed by atoms with E-state index in [-0.39, 0.29) is 29.6 Å². The maximum absolute atomic E-state index is 5.31. The summed E-state index contributed by atoms with van der Waals surface area (Å²) in [6.45, 7) is 0.674. The summed E-state index contributed by atoms with van der Waals surface area (Å²) in [5.74, 6) is 0.712. The van der Waals surface area contributed by atoms with E-state index < -0.39 is 0 Å². The number of nitrogens with zero attached hydrogens (tertiary/aromatic N) is 4. The molecular weight excluding hydrogens is 335 g/mol. The molecule has 3 heterocycles. The zero-order valence-electron chi connectivity index (χ0n) is 12.5. The molecule has 0 unspecified atom stereocenters. The second-order valence-corrected chi connectivity index (χ2v) is 6.26. The Bertz CT molecular complexity index is 989. The van der Waals surface area contributed by atoms with Crippen molar-refractivity contribution in [2.24, 2.45) is 0 Å². The van der Waals surface area contributed by atoms with E-state index in [1.807, 2.05) is 47.0 Å². The number of pyridine rings is 1. The molecule has 1 aromatic carbocycles. The van der Waals surface area contributed by atoms with Crippen LogP contribution >= 0.6 is 23.6 Å². The molecule has 3 aromatic heterocycles. The second-order valence-electron chi connectivity index (χ2n) is 4.86. The summed E-state index contributed by atoms with van der Waals surface area (Å²) >= 11 is 7.00. The van der Waals surface area contributed by atoms with Crippen molar-refractivity contribution in [2.45, 2.75) is 6.54 Å². The SMILES string of the molecule is S=c1[n-]nc(-c2ccc3ccccc3n2)n1Cc1cccs1.[Na+]. The molecule has 0 radical (unpaired) electrons. The molecule has 4 nitrogen and oxygen atoms in total. The van der Waals surface area contributed by atoms with Crippen LogP contribution in [0.5, 0.6) is 0 Å². The van der Waals surface area contributed by atoms with Crippen LogP contribution in [-0.2, 0) is 6.54 Å². The van der Waals surface area contributed by atoms with Gasteiger partial charge in [-0.2, -0.15) is 0 Å². The quantitative estimate of drug-likeness (QED) is 0.408. The van der Waals surface area contributed by atoms with Crippen molar-refractivity contribution < 1.29 is 29.6 Å². The van der Waals surface area contributed by atoms with Gasteiger partial charge in [-0.25, -0.2) is 4.98 Å². The molecule has 0 atom stereocenters. The minimum atomic E-state index is 0. The zero-order valence-corrected chi connectivity index (χ0v) is 16.1. The van der Waals surface area contributed by atoms with Crippen LogP contribution in [0.4, 0.5) is 0 Å². The Labute approximate surface area is 164 Å². The fourth-order valence-corrected chi connectivity index (χ4v) is 3.25. The summed E-state index contributed by atoms with van der Waals surface area (Å²) in [6, 6.07) is 16.1. The van der Waals surface area contributed by atoms with Crippen LogP contribution in [0, 0.1) is 4.77 Å². The van der Waals surface area contributed by atoms with Gasteiger partial charge in [0.25, 0.3) is 0 Å². The Morgan fingerprint density at radius 2 is 1.96 bits per heavy atom. The largest absolute Gasteiger partial charge is 1.00 e. The van der Waals surface area contributed by atoms with E-state index >= 15 is 0 Å². The Morgan fingerprint density at radius 1 is 1.09 bits per heavy atom. The Balaban J connectivity index is 0.00000156. The zero-order chi connectivity index (χ0) is 14.9. The van der Waals surface area contributed by atoms with E-state index in [0.717, 1.165) is 16.6 Å². The van der Waals surface area contributed by atoms with Gasteiger partial charge in [-0.15, -0.1) is 11.3 Å². The van der Waals surface area contributed by atoms with Crippen molar-refractivity contribution >= 4 is 34.5 Å². The molecule has 23 heavy (non-hydrogen) atoms. The summed E-state index contributed by atoms with van der Waals surface area (Å²) in [7, 11) is 0. The summed E-state index contributed by atoms with van der Waals surface area (Å²) in [5, 5.41) is 11.4. The summed E-state index contributed by atoms with van der Waals surface area (Å²) in [6.07, 6.45) is 0. The maximum Gasteiger partial charge on any atom is 1.00 e. The van der Waals surface area contributed by atoms with Gasteiger partial charge in [0.2, 0.25) is 0 Å². The average Bonchev–Trinajstić information content (AvgIpc) is 3.18. The number of hydrogen-bond donors (Lipinski definition) is 0. The van der Waals surface area contributed by atoms with Gasteiger partial charge in [-0.3, -0.25) is 5.10 Å². The molecule has 0 spiro atoms. The smallest absolute Gasteiger partial charge is 0.412 e. The number of thiophene rings is 1. The van der Waals surface area contributed by atoms with E-state index in [9.17, 15) is 0 Å². The van der Waals surface area contributed by atoms with Crippen LogP contribution in [0.2, 0.25) is 0 Å². The summed E-state index contributed by atoms with van der Waals surface area (Å²) in [4.78, 5) is 5.90. The van der Waals surface area contributed by atoms with E-state index in [1.165, 1.54) is 4.88 Å². The topological polar surface area (TPSA) is 44.8 Å². The number of aromatic nitrogens is 4. The fourth-order valence-electron chi connectivity index (χ4n) is 2.37. The van der Waals surface area contributed by atoms with Gasteiger partial charge in [0.05, 0.1) is 17.0 Å². The number of fused-ring (bicyclic) bond motifs is 1. The van der Waals surface area contributed by atoms with Crippen molar-refractivity contribution in [2.75, 3.05) is 0 Å². The number of para-hydroxylation sites is 1. The third kappa shape index (κ3) is 3.32. The van der Waals surface area contributed by atoms with Crippen LogP contribution in [0.3, 0.4) is 0 Å². The number of hydrogen-bond acceptors (Lipinski definition) is 4. The third-order valence-corrected chi connectivity index (χ3v) is 4.60. The minimum Gasteiger partial charge on any atom is -0.412 e. The predicted molar refractivity (Wildman–Crippen MR) is 90.5 cm³/mol. The van der Waals surface area contributed by atoms with Crippen molar-refractivity contribution in [3.8, 4) is 11.5 Å². The molecule has 0 saturated heterocycles. The number of benzene rings is 1. The monoisotopic (exact) mass is 346 g/mol. The normalized spacial score (nSPS) is 10.6. The van der Waals surface area contributed by atoms with Gasteiger partial charge in [0.1, 0.15) is 0 Å². The van der Waals surface area contributed by atoms with Crippen molar-refractivity contribution in [1.82, 2.24) is 19.7 Å². The van der Waals surface area contributed by atoms with Crippen molar-refractivity contribution in [3.05, 3.63) is 63.6 Å². The van der Waals surface area contributed by atoms with Gasteiger partial charge in [0, 0.05) is 15.0 Å². The molecule has 4 aromatic rings. The first-order chi connectivity index (χ1) is 10.8. The first-order valence-electron chi connectivity index (χ1n) is 6.80. The van der Waals surface area contributed by atoms with Crippen LogP contribution in [0.15, 0.2) is 53.9 Å². The first-order valence-corrected chi connectivity index (χ1v) is 8.09. The fraction of sp³-hybridized carbons (Fsp3) is 0.0625. The van der Waals surface area contributed by atoms with E-state index in [0.29, 0.717) is 17.1 Å². The molecule has 0 amide bonds. The number of rotatable bonds is 3. The van der Waals surface area contributed by atoms with Crippen molar-refractivity contribution in [1.29, 1.82) is 0 Å². The van der Waals surface area contributed by atoms with Crippen LogP contribution in [0.1, 0.15) is 4.88 Å². The van der Waals surface area contributed by atoms with Gasteiger partial charge in [-0.1, -0.05) is 42.5 Å². The van der Waals surface area contributed by atoms with Crippen LogP contribution in [-0.4, -0.2) is 14.6 Å². The van der Waals surface area contributed by atoms with Gasteiger partial charge >= 0.3 is 29.6 Å². The van der Waals surface area contributed by atoms with E-state index in [2.05, 4.69) is 26.6 Å². The van der Waals surface area contributed by atoms with Gasteiger partial charge in [-0.05, 0) is 30.1 Å². The molecule has 108 valence electrons. The third-order valence-electron chi connectivity index (χ3n) is 3.44. The molecule has 0 aliphatic heterocycles. The van der Waals surface area contributed by atoms with E-state index in [4.69, 9.17) is 12.2 Å². The molecule has 7 heteroatoms. The predicted octanol–water partition coefficient (Wildman–Crippen LogP) is 0.899. The van der Waals surface area contributed by atoms with Gasteiger partial charge < -0.3 is 9.67 Å². The molecule has 0 fully saturated rings. The standard InChI is InChI=1S/C16H12N4S2.Na/c21-16-19-18-15(20(16)10-12-5-3-9-22-12)14-8-7-11-4-1-2-6-13(11)17-14;/h1-9H,10H2,(H,17,19,21);/q;+1/p-1. The molecule has 0 N–H and O–H groups in total. The summed E-state index contributed by atoms with van der Waals surface area (Å²) in [5.41, 5.74) is 1.73. The molecule has 4 rings (SSSR count). The first kappa shape index (κ1) is 16.5. The van der Waals surface area contributed by atoms with Gasteiger partial charge in [0.15, 0.2) is 0 Å². The Hall–Kier alpha value is -1.31. The molecule has 0 bridgehead atoms. The minimum absolute atomic E-state index is 0. The Morgan fingerprint density at radius 3 is 2.78 bits per heavy atom. The molecule has 0 aliphatic carbocycles. The second kappa shape index (κ2) is 7.07. The maximum atomic E-state index is 5.31. The van der Waals surface area contributed by atoms with Crippen LogP contribution < -0.4 is 34.7 Å². The molecule has 0 aliphatic rings. The Kier molecular flexibility index (Phi) is 5.08. The molecular formula is C16H11N4NaS2.